The number of aromatic nitrogens is 3. The van der Waals surface area contributed by atoms with Gasteiger partial charge in [-0.05, 0) is 31.2 Å². The van der Waals surface area contributed by atoms with Gasteiger partial charge in [0.1, 0.15) is 5.69 Å². The molecule has 0 atom stereocenters. The minimum absolute atomic E-state index is 0.245. The number of nitrogens with zero attached hydrogens (tertiary/aromatic N) is 4. The summed E-state index contributed by atoms with van der Waals surface area (Å²) in [4.78, 5) is 15.3. The van der Waals surface area contributed by atoms with Crippen LogP contribution in [0.5, 0.6) is 0 Å². The molecule has 7 heteroatoms. The maximum Gasteiger partial charge on any atom is 0.233 e. The summed E-state index contributed by atoms with van der Waals surface area (Å²) >= 11 is 0. The van der Waals surface area contributed by atoms with Gasteiger partial charge in [-0.1, -0.05) is 35.5 Å². The lowest BCUT2D eigenvalue weighted by atomic mass is 9.87. The molecular formula is C21H26N4O3. The third-order valence-electron chi connectivity index (χ3n) is 6.60. The average Bonchev–Trinajstić information content (AvgIpc) is 3.46. The first-order valence-electron chi connectivity index (χ1n) is 10.0. The van der Waals surface area contributed by atoms with Gasteiger partial charge < -0.3 is 14.4 Å². The molecule has 2 aromatic rings. The molecule has 1 saturated heterocycles. The van der Waals surface area contributed by atoms with Crippen LogP contribution in [0.15, 0.2) is 30.3 Å². The predicted octanol–water partition coefficient (Wildman–Crippen LogP) is 2.05. The van der Waals surface area contributed by atoms with Gasteiger partial charge in [0, 0.05) is 20.2 Å². The minimum Gasteiger partial charge on any atom is -0.378 e. The Kier molecular flexibility index (Phi) is 4.25. The summed E-state index contributed by atoms with van der Waals surface area (Å²) in [5.41, 5.74) is 2.49. The Morgan fingerprint density at radius 1 is 1.18 bits per heavy atom. The number of benzene rings is 1. The van der Waals surface area contributed by atoms with Gasteiger partial charge in [-0.25, -0.2) is 4.68 Å². The fourth-order valence-corrected chi connectivity index (χ4v) is 4.67. The van der Waals surface area contributed by atoms with Gasteiger partial charge in [-0.3, -0.25) is 4.79 Å². The van der Waals surface area contributed by atoms with Crippen molar-refractivity contribution in [3.63, 3.8) is 0 Å². The number of rotatable bonds is 4. The van der Waals surface area contributed by atoms with Gasteiger partial charge >= 0.3 is 0 Å². The number of ether oxygens (including phenoxy) is 2. The number of fused-ring (bicyclic) bond motifs is 1. The molecule has 2 aliphatic heterocycles. The number of piperidine rings is 1. The summed E-state index contributed by atoms with van der Waals surface area (Å²) in [6.07, 6.45) is 3.59. The SMILES string of the molecule is COCc1nnn2c1COC1(CCN(C(=O)C3(c4ccccc4)CC3)CC1)C2. The minimum atomic E-state index is -0.284. The molecule has 5 rings (SSSR count). The number of hydrogen-bond donors (Lipinski definition) is 0. The van der Waals surface area contributed by atoms with Crippen molar-refractivity contribution in [2.75, 3.05) is 20.2 Å². The van der Waals surface area contributed by atoms with Crippen LogP contribution in [0.1, 0.15) is 42.6 Å². The number of methoxy groups -OCH3 is 1. The fraction of sp³-hybridized carbons (Fsp3) is 0.571. The third kappa shape index (κ3) is 2.84. The van der Waals surface area contributed by atoms with E-state index >= 15 is 0 Å². The van der Waals surface area contributed by atoms with Gasteiger partial charge in [-0.15, -0.1) is 5.10 Å². The Morgan fingerprint density at radius 2 is 1.93 bits per heavy atom. The fourth-order valence-electron chi connectivity index (χ4n) is 4.67. The Balaban J connectivity index is 1.26. The lowest BCUT2D eigenvalue weighted by molar-refractivity contribution is -0.148. The number of likely N-dealkylation sites (tertiary alicyclic amines) is 1. The molecule has 1 aliphatic carbocycles. The maximum absolute atomic E-state index is 13.3. The molecule has 1 spiro atoms. The Labute approximate surface area is 164 Å². The lowest BCUT2D eigenvalue weighted by Gasteiger charge is -2.44. The number of amides is 1. The molecule has 1 aromatic carbocycles. The molecule has 28 heavy (non-hydrogen) atoms. The van der Waals surface area contributed by atoms with Crippen LogP contribution in [-0.2, 0) is 39.4 Å². The standard InChI is InChI=1S/C21H26N4O3/c1-27-13-17-18-14-28-20(15-25(18)23-22-17)9-11-24(12-10-20)19(26)21(7-8-21)16-5-3-2-4-6-16/h2-6H,7-15H2,1H3. The van der Waals surface area contributed by atoms with Crippen LogP contribution in [-0.4, -0.2) is 51.6 Å². The lowest BCUT2D eigenvalue weighted by Crippen LogP contribution is -2.53. The van der Waals surface area contributed by atoms with E-state index in [9.17, 15) is 4.79 Å². The molecule has 1 aromatic heterocycles. The Bertz CT molecular complexity index is 867. The van der Waals surface area contributed by atoms with Gasteiger partial charge in [0.2, 0.25) is 5.91 Å². The van der Waals surface area contributed by atoms with E-state index in [1.54, 1.807) is 7.11 Å². The van der Waals surface area contributed by atoms with Crippen LogP contribution in [0, 0.1) is 0 Å². The van der Waals surface area contributed by atoms with E-state index in [1.165, 1.54) is 0 Å². The van der Waals surface area contributed by atoms with Crippen LogP contribution in [0.25, 0.3) is 0 Å². The van der Waals surface area contributed by atoms with E-state index in [1.807, 2.05) is 27.8 Å². The molecule has 148 valence electrons. The molecular weight excluding hydrogens is 356 g/mol. The molecule has 3 aliphatic rings. The van der Waals surface area contributed by atoms with E-state index in [0.717, 1.165) is 55.7 Å². The highest BCUT2D eigenvalue weighted by molar-refractivity contribution is 5.91. The van der Waals surface area contributed by atoms with Crippen molar-refractivity contribution in [3.8, 4) is 0 Å². The molecule has 2 fully saturated rings. The zero-order chi connectivity index (χ0) is 19.2. The number of carbonyl (C=O) groups is 1. The van der Waals surface area contributed by atoms with Crippen molar-refractivity contribution in [3.05, 3.63) is 47.3 Å². The average molecular weight is 382 g/mol. The van der Waals surface area contributed by atoms with E-state index in [-0.39, 0.29) is 16.9 Å². The molecule has 0 bridgehead atoms. The van der Waals surface area contributed by atoms with Crippen LogP contribution in [0.2, 0.25) is 0 Å². The van der Waals surface area contributed by atoms with E-state index < -0.39 is 0 Å². The van der Waals surface area contributed by atoms with Crippen molar-refractivity contribution in [1.29, 1.82) is 0 Å². The summed E-state index contributed by atoms with van der Waals surface area (Å²) in [6, 6.07) is 10.2. The van der Waals surface area contributed by atoms with E-state index in [4.69, 9.17) is 9.47 Å². The third-order valence-corrected chi connectivity index (χ3v) is 6.60. The molecule has 7 nitrogen and oxygen atoms in total. The molecule has 1 saturated carbocycles. The summed E-state index contributed by atoms with van der Waals surface area (Å²) in [6.45, 7) is 3.14. The smallest absolute Gasteiger partial charge is 0.233 e. The zero-order valence-corrected chi connectivity index (χ0v) is 16.3. The van der Waals surface area contributed by atoms with Crippen LogP contribution >= 0.6 is 0 Å². The highest BCUT2D eigenvalue weighted by Gasteiger charge is 2.54. The van der Waals surface area contributed by atoms with Crippen molar-refractivity contribution in [1.82, 2.24) is 19.9 Å². The second-order valence-electron chi connectivity index (χ2n) is 8.29. The first-order chi connectivity index (χ1) is 13.7. The largest absolute Gasteiger partial charge is 0.378 e. The maximum atomic E-state index is 13.3. The van der Waals surface area contributed by atoms with E-state index in [0.29, 0.717) is 19.8 Å². The molecule has 1 amide bonds. The zero-order valence-electron chi connectivity index (χ0n) is 16.3. The quantitative estimate of drug-likeness (QED) is 0.810. The second kappa shape index (κ2) is 6.67. The number of hydrogen-bond acceptors (Lipinski definition) is 5. The van der Waals surface area contributed by atoms with Crippen LogP contribution < -0.4 is 0 Å². The first kappa shape index (κ1) is 17.8. The highest BCUT2D eigenvalue weighted by atomic mass is 16.5. The van der Waals surface area contributed by atoms with Gasteiger partial charge in [0.05, 0.1) is 36.5 Å². The molecule has 3 heterocycles. The highest BCUT2D eigenvalue weighted by Crippen LogP contribution is 2.50. The van der Waals surface area contributed by atoms with Crippen LogP contribution in [0.3, 0.4) is 0 Å². The topological polar surface area (TPSA) is 69.5 Å². The van der Waals surface area contributed by atoms with Gasteiger partial charge in [0.25, 0.3) is 0 Å². The van der Waals surface area contributed by atoms with Crippen molar-refractivity contribution < 1.29 is 14.3 Å². The summed E-state index contributed by atoms with van der Waals surface area (Å²) < 4.78 is 13.4. The summed E-state index contributed by atoms with van der Waals surface area (Å²) in [5, 5.41) is 8.52. The van der Waals surface area contributed by atoms with E-state index in [2.05, 4.69) is 22.4 Å². The van der Waals surface area contributed by atoms with Crippen molar-refractivity contribution in [2.24, 2.45) is 0 Å². The molecule has 0 N–H and O–H groups in total. The molecule has 0 radical (unpaired) electrons. The van der Waals surface area contributed by atoms with Crippen molar-refractivity contribution >= 4 is 5.91 Å². The summed E-state index contributed by atoms with van der Waals surface area (Å²) in [5.74, 6) is 0.285. The normalized spacial score (nSPS) is 22.1. The first-order valence-corrected chi connectivity index (χ1v) is 10.0. The second-order valence-corrected chi connectivity index (χ2v) is 8.29. The van der Waals surface area contributed by atoms with Gasteiger partial charge in [0.15, 0.2) is 0 Å². The molecule has 0 unspecified atom stereocenters. The monoisotopic (exact) mass is 382 g/mol. The van der Waals surface area contributed by atoms with Crippen molar-refractivity contribution in [2.45, 2.75) is 56.5 Å². The number of carbonyl (C=O) groups excluding carboxylic acids is 1. The summed E-state index contributed by atoms with van der Waals surface area (Å²) in [7, 11) is 1.66. The Hall–Kier alpha value is -2.25. The van der Waals surface area contributed by atoms with Gasteiger partial charge in [-0.2, -0.15) is 0 Å². The predicted molar refractivity (Wildman–Crippen MR) is 101 cm³/mol. The Morgan fingerprint density at radius 3 is 2.61 bits per heavy atom. The van der Waals surface area contributed by atoms with Crippen LogP contribution in [0.4, 0.5) is 0 Å².